The maximum atomic E-state index is 14.4. The third kappa shape index (κ3) is 4.22. The molecule has 0 aliphatic heterocycles. The number of hydrogen-bond donors (Lipinski definition) is 0. The van der Waals surface area contributed by atoms with Crippen LogP contribution in [0.1, 0.15) is 49.9 Å². The molecular weight excluding hydrogens is 504 g/mol. The van der Waals surface area contributed by atoms with Crippen LogP contribution in [0.2, 0.25) is 0 Å². The van der Waals surface area contributed by atoms with Gasteiger partial charge >= 0.3 is 0 Å². The van der Waals surface area contributed by atoms with E-state index < -0.39 is 10.0 Å². The second-order valence-electron chi connectivity index (χ2n) is 11.5. The van der Waals surface area contributed by atoms with Crippen LogP contribution in [-0.2, 0) is 22.9 Å². The van der Waals surface area contributed by atoms with Crippen molar-refractivity contribution in [2.24, 2.45) is 17.3 Å². The van der Waals surface area contributed by atoms with Crippen molar-refractivity contribution in [1.29, 1.82) is 0 Å². The predicted molar refractivity (Wildman–Crippen MR) is 144 cm³/mol. The van der Waals surface area contributed by atoms with Gasteiger partial charge in [0.2, 0.25) is 10.0 Å². The van der Waals surface area contributed by atoms with Gasteiger partial charge in [0.15, 0.2) is 0 Å². The van der Waals surface area contributed by atoms with Gasteiger partial charge in [0.25, 0.3) is 0 Å². The monoisotopic (exact) mass is 537 g/mol. The molecule has 1 heterocycles. The summed E-state index contributed by atoms with van der Waals surface area (Å²) >= 11 is 0. The van der Waals surface area contributed by atoms with Crippen molar-refractivity contribution in [3.63, 3.8) is 0 Å². The lowest BCUT2D eigenvalue weighted by Crippen LogP contribution is -2.60. The van der Waals surface area contributed by atoms with E-state index in [4.69, 9.17) is 0 Å². The normalized spacial score (nSPS) is 24.1. The number of hydrogen-bond acceptors (Lipinski definition) is 3. The third-order valence-electron chi connectivity index (χ3n) is 8.72. The molecule has 0 radical (unpaired) electrons. The van der Waals surface area contributed by atoms with Crippen molar-refractivity contribution in [1.82, 2.24) is 14.1 Å². The molecule has 38 heavy (non-hydrogen) atoms. The van der Waals surface area contributed by atoms with E-state index in [-0.39, 0.29) is 40.7 Å². The maximum absolute atomic E-state index is 14.4. The second-order valence-corrected chi connectivity index (χ2v) is 13.5. The fraction of sp³-hybridized carbons (Fsp3) is 0.433. The summed E-state index contributed by atoms with van der Waals surface area (Å²) in [4.78, 5) is 0. The molecule has 0 amide bonds. The average Bonchev–Trinajstić information content (AvgIpc) is 3.38. The Labute approximate surface area is 223 Å². The van der Waals surface area contributed by atoms with Crippen LogP contribution in [-0.4, -0.2) is 40.8 Å². The van der Waals surface area contributed by atoms with Crippen molar-refractivity contribution in [3.8, 4) is 5.69 Å². The van der Waals surface area contributed by atoms with E-state index in [9.17, 15) is 17.2 Å². The fourth-order valence-electron chi connectivity index (χ4n) is 7.04. The van der Waals surface area contributed by atoms with E-state index >= 15 is 0 Å². The highest BCUT2D eigenvalue weighted by Crippen LogP contribution is 2.65. The van der Waals surface area contributed by atoms with Gasteiger partial charge in [-0.15, -0.1) is 0 Å². The van der Waals surface area contributed by atoms with Gasteiger partial charge in [0, 0.05) is 18.0 Å². The molecule has 200 valence electrons. The quantitative estimate of drug-likeness (QED) is 0.366. The van der Waals surface area contributed by atoms with Gasteiger partial charge in [-0.3, -0.25) is 0 Å². The Morgan fingerprint density at radius 2 is 1.89 bits per heavy atom. The highest BCUT2D eigenvalue weighted by Gasteiger charge is 2.62. The Kier molecular flexibility index (Phi) is 6.30. The number of fused-ring (bicyclic) bond motifs is 1. The van der Waals surface area contributed by atoms with Crippen molar-refractivity contribution in [3.05, 3.63) is 88.8 Å². The topological polar surface area (TPSA) is 55.2 Å². The zero-order chi connectivity index (χ0) is 26.7. The minimum absolute atomic E-state index is 0.0126. The summed E-state index contributed by atoms with van der Waals surface area (Å²) in [7, 11) is -3.50. The molecule has 1 aromatic heterocycles. The van der Waals surface area contributed by atoms with Crippen LogP contribution in [0.15, 0.2) is 60.3 Å². The van der Waals surface area contributed by atoms with Crippen molar-refractivity contribution < 1.29 is 17.2 Å². The largest absolute Gasteiger partial charge is 0.233 e. The third-order valence-corrected chi connectivity index (χ3v) is 11.0. The van der Waals surface area contributed by atoms with Crippen LogP contribution in [0.3, 0.4) is 0 Å². The molecule has 0 saturated heterocycles. The molecule has 2 aromatic carbocycles. The van der Waals surface area contributed by atoms with Gasteiger partial charge < -0.3 is 0 Å². The molecule has 3 atom stereocenters. The molecule has 3 aliphatic carbocycles. The zero-order valence-electron chi connectivity index (χ0n) is 21.8. The lowest BCUT2D eigenvalue weighted by molar-refractivity contribution is 0.00168. The van der Waals surface area contributed by atoms with Crippen LogP contribution in [0.4, 0.5) is 8.78 Å². The van der Waals surface area contributed by atoms with E-state index in [0.717, 1.165) is 42.6 Å². The second kappa shape index (κ2) is 9.42. The predicted octanol–water partition coefficient (Wildman–Crippen LogP) is 5.79. The molecule has 5 nitrogen and oxygen atoms in total. The Balaban J connectivity index is 1.27. The number of halogens is 2. The molecule has 3 aromatic rings. The number of sulfonamides is 1. The van der Waals surface area contributed by atoms with Gasteiger partial charge in [-0.1, -0.05) is 37.6 Å². The van der Waals surface area contributed by atoms with Crippen LogP contribution in [0.25, 0.3) is 11.8 Å². The number of benzene rings is 2. The Morgan fingerprint density at radius 3 is 2.63 bits per heavy atom. The average molecular weight is 538 g/mol. The van der Waals surface area contributed by atoms with E-state index in [1.54, 1.807) is 34.6 Å². The first-order chi connectivity index (χ1) is 18.2. The molecule has 1 unspecified atom stereocenters. The van der Waals surface area contributed by atoms with Crippen LogP contribution in [0, 0.1) is 28.9 Å². The number of allylic oxidation sites excluding steroid dienone is 1. The molecular formula is C30H33F2N3O2S. The van der Waals surface area contributed by atoms with E-state index in [1.807, 2.05) is 24.7 Å². The van der Waals surface area contributed by atoms with Crippen molar-refractivity contribution in [2.75, 3.05) is 12.3 Å². The van der Waals surface area contributed by atoms with Crippen LogP contribution in [0.5, 0.6) is 0 Å². The molecule has 8 heteroatoms. The molecule has 6 rings (SSSR count). The molecule has 2 fully saturated rings. The Bertz CT molecular complexity index is 1500. The molecule has 0 bridgehead atoms. The number of aromatic nitrogens is 2. The summed E-state index contributed by atoms with van der Waals surface area (Å²) in [5.41, 5.74) is 4.87. The fourth-order valence-corrected chi connectivity index (χ4v) is 9.08. The lowest BCUT2D eigenvalue weighted by Gasteiger charge is -2.56. The summed E-state index contributed by atoms with van der Waals surface area (Å²) in [6.45, 7) is 4.14. The maximum Gasteiger partial charge on any atom is 0.214 e. The minimum Gasteiger partial charge on any atom is -0.233 e. The SMILES string of the molecule is CC(C)CS(=O)(=O)N(CCc1ccccc1F)C1C[C@]23Cc4cnn(-c5ccc(F)cc5)c4C=C2CC[C@H]13. The Morgan fingerprint density at radius 1 is 1.13 bits per heavy atom. The van der Waals surface area contributed by atoms with Gasteiger partial charge in [0.1, 0.15) is 11.6 Å². The van der Waals surface area contributed by atoms with Gasteiger partial charge in [0.05, 0.1) is 23.3 Å². The molecule has 1 spiro atoms. The summed E-state index contributed by atoms with van der Waals surface area (Å²) in [6, 6.07) is 12.9. The minimum atomic E-state index is -3.50. The van der Waals surface area contributed by atoms with Crippen LogP contribution < -0.4 is 0 Å². The van der Waals surface area contributed by atoms with E-state index in [2.05, 4.69) is 11.2 Å². The van der Waals surface area contributed by atoms with Crippen LogP contribution >= 0.6 is 0 Å². The molecule has 3 aliphatic rings. The van der Waals surface area contributed by atoms with Gasteiger partial charge in [-0.2, -0.15) is 9.40 Å². The van der Waals surface area contributed by atoms with Crippen molar-refractivity contribution >= 4 is 16.1 Å². The van der Waals surface area contributed by atoms with Gasteiger partial charge in [-0.05, 0) is 91.5 Å². The summed E-state index contributed by atoms with van der Waals surface area (Å²) in [5, 5.41) is 4.61. The van der Waals surface area contributed by atoms with Crippen molar-refractivity contribution in [2.45, 2.75) is 52.0 Å². The number of rotatable bonds is 8. The standard InChI is InChI=1S/C30H33F2N3O2S/c1-20(2)19-38(36,37)34(14-13-21-5-3-4-6-27(21)32)29-17-30-16-22-18-33-35(25-10-8-24(31)9-11-25)28(22)15-23(30)7-12-26(29)30/h3-6,8-11,15,18,20,26,29H,7,12-14,16-17,19H2,1-2H3/t26-,29?,30-/m1/s1. The smallest absolute Gasteiger partial charge is 0.214 e. The Hall–Kier alpha value is -2.84. The summed E-state index contributed by atoms with van der Waals surface area (Å²) in [6.07, 6.45) is 7.98. The first kappa shape index (κ1) is 25.4. The molecule has 0 N–H and O–H groups in total. The highest BCUT2D eigenvalue weighted by atomic mass is 32.2. The first-order valence-corrected chi connectivity index (χ1v) is 15.1. The van der Waals surface area contributed by atoms with E-state index in [1.165, 1.54) is 23.8 Å². The lowest BCUT2D eigenvalue weighted by atomic mass is 9.53. The summed E-state index contributed by atoms with van der Waals surface area (Å²) < 4.78 is 58.6. The first-order valence-electron chi connectivity index (χ1n) is 13.4. The summed E-state index contributed by atoms with van der Waals surface area (Å²) in [5.74, 6) is -0.226. The number of nitrogens with zero attached hydrogens (tertiary/aromatic N) is 3. The molecule has 2 saturated carbocycles. The van der Waals surface area contributed by atoms with E-state index in [0.29, 0.717) is 18.5 Å². The zero-order valence-corrected chi connectivity index (χ0v) is 22.6. The highest BCUT2D eigenvalue weighted by molar-refractivity contribution is 7.89. The van der Waals surface area contributed by atoms with Gasteiger partial charge in [-0.25, -0.2) is 21.9 Å².